The van der Waals surface area contributed by atoms with Gasteiger partial charge < -0.3 is 10.1 Å². The zero-order chi connectivity index (χ0) is 24.5. The molecule has 0 bridgehead atoms. The van der Waals surface area contributed by atoms with Gasteiger partial charge in [0.05, 0.1) is 37.8 Å². The molecule has 1 fully saturated rings. The number of carbonyl (C=O) groups excluding carboxylic acids is 1. The predicted molar refractivity (Wildman–Crippen MR) is 115 cm³/mol. The van der Waals surface area contributed by atoms with Crippen LogP contribution >= 0.6 is 0 Å². The first-order valence-electron chi connectivity index (χ1n) is 10.9. The summed E-state index contributed by atoms with van der Waals surface area (Å²) in [6.07, 6.45) is 2.47. The number of hydrogen-bond acceptors (Lipinski definition) is 8. The molecule has 2 aromatic heterocycles. The third-order valence-electron chi connectivity index (χ3n) is 6.17. The maximum Gasteiger partial charge on any atom is 0.256 e. The van der Waals surface area contributed by atoms with Crippen molar-refractivity contribution in [2.45, 2.75) is 57.5 Å². The van der Waals surface area contributed by atoms with Crippen molar-refractivity contribution in [2.24, 2.45) is 11.1 Å². The minimum atomic E-state index is -2.75. The van der Waals surface area contributed by atoms with E-state index in [1.807, 2.05) is 0 Å². The van der Waals surface area contributed by atoms with Gasteiger partial charge in [-0.3, -0.25) is 14.4 Å². The van der Waals surface area contributed by atoms with Crippen LogP contribution in [-0.4, -0.2) is 62.3 Å². The van der Waals surface area contributed by atoms with E-state index in [4.69, 9.17) is 9.68 Å². The van der Waals surface area contributed by atoms with Crippen molar-refractivity contribution in [3.63, 3.8) is 0 Å². The fourth-order valence-corrected chi connectivity index (χ4v) is 4.32. The lowest BCUT2D eigenvalue weighted by atomic mass is 9.81. The third-order valence-corrected chi connectivity index (χ3v) is 6.17. The number of carbonyl (C=O) groups is 1. The number of hydrogen-bond donors (Lipinski definition) is 1. The Balaban J connectivity index is 1.53. The number of ether oxygens (including phenoxy) is 1. The topological polar surface area (TPSA) is 107 Å². The lowest BCUT2D eigenvalue weighted by molar-refractivity contribution is -0.184. The van der Waals surface area contributed by atoms with Crippen LogP contribution in [0.1, 0.15) is 51.1 Å². The van der Waals surface area contributed by atoms with Crippen molar-refractivity contribution in [1.29, 1.82) is 0 Å². The number of methoxy groups -OCH3 is 1. The van der Waals surface area contributed by atoms with Crippen LogP contribution in [-0.2, 0) is 9.73 Å². The zero-order valence-corrected chi connectivity index (χ0v) is 19.0. The first-order valence-corrected chi connectivity index (χ1v) is 10.9. The normalized spacial score (nSPS) is 20.4. The molecule has 0 saturated heterocycles. The highest BCUT2D eigenvalue weighted by Gasteiger charge is 2.44. The highest BCUT2D eigenvalue weighted by atomic mass is 19.3. The summed E-state index contributed by atoms with van der Waals surface area (Å²) in [5.74, 6) is -4.33. The van der Waals surface area contributed by atoms with Crippen LogP contribution in [0, 0.1) is 11.9 Å². The number of aromatic nitrogens is 4. The number of rotatable bonds is 7. The van der Waals surface area contributed by atoms with E-state index in [0.717, 1.165) is 0 Å². The van der Waals surface area contributed by atoms with Gasteiger partial charge in [-0.25, -0.2) is 8.78 Å². The monoisotopic (exact) mass is 481 g/mol. The molecule has 34 heavy (non-hydrogen) atoms. The van der Waals surface area contributed by atoms with E-state index in [0.29, 0.717) is 11.3 Å². The molecule has 1 unspecified atom stereocenters. The molecule has 3 heterocycles. The summed E-state index contributed by atoms with van der Waals surface area (Å²) in [5, 5.41) is 19.3. The molecule has 2 atom stereocenters. The fourth-order valence-electron chi connectivity index (χ4n) is 4.32. The Morgan fingerprint density at radius 3 is 2.74 bits per heavy atom. The molecule has 1 saturated carbocycles. The van der Waals surface area contributed by atoms with Gasteiger partial charge in [0.25, 0.3) is 5.95 Å². The van der Waals surface area contributed by atoms with Crippen molar-refractivity contribution < 1.29 is 27.6 Å². The minimum absolute atomic E-state index is 0.137. The number of halogens is 3. The summed E-state index contributed by atoms with van der Waals surface area (Å²) in [6, 6.07) is 0.290. The van der Waals surface area contributed by atoms with Crippen LogP contribution in [0.4, 0.5) is 18.9 Å². The first-order chi connectivity index (χ1) is 16.2. The van der Waals surface area contributed by atoms with Crippen LogP contribution in [0.5, 0.6) is 5.88 Å². The average molecular weight is 481 g/mol. The van der Waals surface area contributed by atoms with Crippen molar-refractivity contribution in [2.75, 3.05) is 19.0 Å². The van der Waals surface area contributed by atoms with Gasteiger partial charge in [-0.1, -0.05) is 10.2 Å². The molecule has 1 aliphatic carbocycles. The molecule has 0 spiro atoms. The summed E-state index contributed by atoms with van der Waals surface area (Å²) in [4.78, 5) is 18.5. The number of nitrogens with one attached hydrogen (secondary N) is 1. The van der Waals surface area contributed by atoms with E-state index >= 15 is 0 Å². The van der Waals surface area contributed by atoms with Crippen LogP contribution in [0.25, 0.3) is 0 Å². The number of alkyl halides is 2. The van der Waals surface area contributed by atoms with Gasteiger partial charge in [-0.2, -0.15) is 9.49 Å². The zero-order valence-electron chi connectivity index (χ0n) is 19.0. The van der Waals surface area contributed by atoms with Gasteiger partial charge in [0.1, 0.15) is 11.7 Å². The highest BCUT2D eigenvalue weighted by molar-refractivity contribution is 5.95. The van der Waals surface area contributed by atoms with Crippen molar-refractivity contribution in [3.05, 3.63) is 30.0 Å². The van der Waals surface area contributed by atoms with Gasteiger partial charge in [0.15, 0.2) is 0 Å². The molecule has 1 aliphatic heterocycles. The summed E-state index contributed by atoms with van der Waals surface area (Å²) in [7, 11) is 1.45. The molecule has 1 amide bonds. The smallest absolute Gasteiger partial charge is 0.256 e. The van der Waals surface area contributed by atoms with Crippen LogP contribution < -0.4 is 10.1 Å². The Labute approximate surface area is 194 Å². The van der Waals surface area contributed by atoms with E-state index in [1.54, 1.807) is 19.9 Å². The van der Waals surface area contributed by atoms with E-state index in [2.05, 4.69) is 25.8 Å². The Morgan fingerprint density at radius 1 is 1.35 bits per heavy atom. The van der Waals surface area contributed by atoms with Gasteiger partial charge >= 0.3 is 0 Å². The van der Waals surface area contributed by atoms with E-state index in [-0.39, 0.29) is 43.8 Å². The molecule has 184 valence electrons. The van der Waals surface area contributed by atoms with Gasteiger partial charge in [0, 0.05) is 18.4 Å². The summed E-state index contributed by atoms with van der Waals surface area (Å²) < 4.78 is 48.7. The third kappa shape index (κ3) is 4.98. The minimum Gasteiger partial charge on any atom is -0.480 e. The number of oxime groups is 1. The molecular weight excluding hydrogens is 455 g/mol. The number of hydroxylamine groups is 2. The van der Waals surface area contributed by atoms with Gasteiger partial charge in [-0.15, -0.1) is 10.2 Å². The Morgan fingerprint density at radius 2 is 2.09 bits per heavy atom. The van der Waals surface area contributed by atoms with E-state index in [9.17, 15) is 18.0 Å². The summed E-state index contributed by atoms with van der Waals surface area (Å²) >= 11 is 0. The van der Waals surface area contributed by atoms with Crippen molar-refractivity contribution >= 4 is 17.3 Å². The number of amides is 1. The first kappa shape index (κ1) is 23.9. The molecular formula is C21H26F3N7O3. The van der Waals surface area contributed by atoms with Crippen LogP contribution in [0.15, 0.2) is 23.6 Å². The molecule has 2 aromatic rings. The standard InChI is InChI=1S/C21H26F3N7O3/c1-12-10-31(34-29-12)17(14-4-7-21(23,24)8-5-14)19(32)26-16-11-30(28-18(16)22)13(2)15-6-9-25-27-20(15)33-3/h6,9,11,13-14,17H,4-5,7-8,10H2,1-3H3,(H,26,32)/t13?,17-/m0/s1. The van der Waals surface area contributed by atoms with E-state index < -0.39 is 35.8 Å². The summed E-state index contributed by atoms with van der Waals surface area (Å²) in [6.45, 7) is 3.75. The quantitative estimate of drug-likeness (QED) is 0.647. The van der Waals surface area contributed by atoms with Crippen LogP contribution in [0.2, 0.25) is 0 Å². The lowest BCUT2D eigenvalue weighted by Gasteiger charge is -2.35. The highest BCUT2D eigenvalue weighted by Crippen LogP contribution is 2.39. The maximum absolute atomic E-state index is 14.7. The van der Waals surface area contributed by atoms with E-state index in [1.165, 1.54) is 29.2 Å². The Bertz CT molecular complexity index is 1070. The van der Waals surface area contributed by atoms with Gasteiger partial charge in [-0.05, 0) is 38.7 Å². The number of nitrogens with zero attached hydrogens (tertiary/aromatic N) is 6. The Kier molecular flexibility index (Phi) is 6.73. The fraction of sp³-hybridized carbons (Fsp3) is 0.571. The molecule has 2 aliphatic rings. The molecule has 10 nitrogen and oxygen atoms in total. The SMILES string of the molecule is COc1nnccc1C(C)n1cc(NC(=O)[C@H](C2CCC(F)(F)CC2)N2CC(C)=NO2)c(F)n1. The van der Waals surface area contributed by atoms with Crippen molar-refractivity contribution in [1.82, 2.24) is 25.0 Å². The Hall–Kier alpha value is -3.22. The van der Waals surface area contributed by atoms with Crippen LogP contribution in [0.3, 0.4) is 0 Å². The largest absolute Gasteiger partial charge is 0.480 e. The van der Waals surface area contributed by atoms with Gasteiger partial charge in [0.2, 0.25) is 17.7 Å². The second kappa shape index (κ2) is 9.57. The second-order valence-electron chi connectivity index (χ2n) is 8.60. The molecule has 0 aromatic carbocycles. The molecule has 13 heteroatoms. The number of anilines is 1. The maximum atomic E-state index is 14.7. The molecule has 0 radical (unpaired) electrons. The average Bonchev–Trinajstić information content (AvgIpc) is 3.40. The molecule has 4 rings (SSSR count). The molecule has 1 N–H and O–H groups in total. The lowest BCUT2D eigenvalue weighted by Crippen LogP contribution is -2.49. The second-order valence-corrected chi connectivity index (χ2v) is 8.60. The predicted octanol–water partition coefficient (Wildman–Crippen LogP) is 3.19. The summed E-state index contributed by atoms with van der Waals surface area (Å²) in [5.41, 5.74) is 1.13. The van der Waals surface area contributed by atoms with Crippen molar-refractivity contribution in [3.8, 4) is 5.88 Å².